The molecule has 0 spiro atoms. The van der Waals surface area contributed by atoms with E-state index >= 15 is 0 Å². The topological polar surface area (TPSA) is 38.3 Å². The van der Waals surface area contributed by atoms with Crippen molar-refractivity contribution in [1.29, 1.82) is 0 Å². The summed E-state index contributed by atoms with van der Waals surface area (Å²) >= 11 is 0. The van der Waals surface area contributed by atoms with Crippen LogP contribution in [-0.2, 0) is 9.22 Å². The van der Waals surface area contributed by atoms with Crippen LogP contribution in [0.2, 0.25) is 36.3 Å². The molecule has 0 bridgehead atoms. The number of rotatable bonds is 8. The van der Waals surface area contributed by atoms with Crippen molar-refractivity contribution in [2.45, 2.75) is 103 Å². The van der Waals surface area contributed by atoms with E-state index in [9.17, 15) is 4.79 Å². The zero-order chi connectivity index (χ0) is 18.5. The first kappa shape index (κ1) is 22.9. The molecule has 138 valence electrons. The summed E-state index contributed by atoms with van der Waals surface area (Å²) in [6, 6.07) is 0. The number of nitrogens with one attached hydrogen (secondary N) is 1. The lowest BCUT2D eigenvalue weighted by Gasteiger charge is -2.37. The SMILES string of the molecule is CC(C)(C)[Si](C)(C)NCCCCCC(=O)O[Si](C)(C)C(C)(C)C. The van der Waals surface area contributed by atoms with E-state index in [4.69, 9.17) is 4.43 Å². The maximum absolute atomic E-state index is 12.0. The summed E-state index contributed by atoms with van der Waals surface area (Å²) < 4.78 is 5.80. The monoisotopic (exact) mass is 359 g/mol. The Labute approximate surface area is 147 Å². The van der Waals surface area contributed by atoms with Gasteiger partial charge in [0.2, 0.25) is 0 Å². The molecule has 0 aliphatic rings. The van der Waals surface area contributed by atoms with Crippen LogP contribution < -0.4 is 4.98 Å². The molecule has 0 aromatic rings. The Morgan fingerprint density at radius 1 is 0.870 bits per heavy atom. The van der Waals surface area contributed by atoms with Gasteiger partial charge in [-0.3, -0.25) is 4.79 Å². The molecule has 0 saturated heterocycles. The molecule has 5 heteroatoms. The number of carbonyl (C=O) groups is 1. The predicted molar refractivity (Wildman–Crippen MR) is 107 cm³/mol. The highest BCUT2D eigenvalue weighted by Crippen LogP contribution is 2.37. The van der Waals surface area contributed by atoms with Gasteiger partial charge in [0.15, 0.2) is 0 Å². The minimum atomic E-state index is -1.95. The average molecular weight is 360 g/mol. The minimum absolute atomic E-state index is 0.00560. The Hall–Kier alpha value is -0.136. The fraction of sp³-hybridized carbons (Fsp3) is 0.944. The molecular formula is C18H41NO2Si2. The second-order valence-electron chi connectivity index (χ2n) is 9.85. The van der Waals surface area contributed by atoms with E-state index in [1.54, 1.807) is 0 Å². The van der Waals surface area contributed by atoms with Gasteiger partial charge in [0.1, 0.15) is 8.24 Å². The molecule has 0 aromatic carbocycles. The number of hydrogen-bond acceptors (Lipinski definition) is 3. The quantitative estimate of drug-likeness (QED) is 0.447. The average Bonchev–Trinajstić information content (AvgIpc) is 2.29. The van der Waals surface area contributed by atoms with E-state index < -0.39 is 16.6 Å². The van der Waals surface area contributed by atoms with Crippen molar-refractivity contribution in [1.82, 2.24) is 4.98 Å². The summed E-state index contributed by atoms with van der Waals surface area (Å²) in [6.45, 7) is 23.6. The van der Waals surface area contributed by atoms with Crippen molar-refractivity contribution < 1.29 is 9.22 Å². The zero-order valence-corrected chi connectivity index (χ0v) is 19.4. The van der Waals surface area contributed by atoms with E-state index in [-0.39, 0.29) is 11.0 Å². The molecule has 0 rings (SSSR count). The van der Waals surface area contributed by atoms with Gasteiger partial charge in [-0.15, -0.1) is 0 Å². The highest BCUT2D eigenvalue weighted by atomic mass is 28.4. The van der Waals surface area contributed by atoms with Gasteiger partial charge < -0.3 is 9.41 Å². The normalized spacial score (nSPS) is 14.0. The summed E-state index contributed by atoms with van der Waals surface area (Å²) in [4.78, 5) is 15.8. The first-order valence-corrected chi connectivity index (χ1v) is 15.0. The van der Waals surface area contributed by atoms with Gasteiger partial charge in [-0.25, -0.2) is 0 Å². The van der Waals surface area contributed by atoms with E-state index in [1.807, 2.05) is 0 Å². The van der Waals surface area contributed by atoms with Crippen LogP contribution in [-0.4, -0.2) is 29.1 Å². The Bertz CT molecular complexity index is 379. The summed E-state index contributed by atoms with van der Waals surface area (Å²) in [5, 5.41) is 0.468. The van der Waals surface area contributed by atoms with Gasteiger partial charge in [0.05, 0.1) is 0 Å². The zero-order valence-electron chi connectivity index (χ0n) is 17.4. The number of carbonyl (C=O) groups excluding carboxylic acids is 1. The molecule has 1 N–H and O–H groups in total. The van der Waals surface area contributed by atoms with Crippen LogP contribution in [0.3, 0.4) is 0 Å². The lowest BCUT2D eigenvalue weighted by molar-refractivity contribution is -0.135. The van der Waals surface area contributed by atoms with E-state index in [0.717, 1.165) is 25.8 Å². The summed E-state index contributed by atoms with van der Waals surface area (Å²) in [6.07, 6.45) is 3.73. The van der Waals surface area contributed by atoms with Crippen LogP contribution in [0.4, 0.5) is 0 Å². The Kier molecular flexibility index (Phi) is 8.25. The third-order valence-corrected chi connectivity index (χ3v) is 14.9. The van der Waals surface area contributed by atoms with Crippen LogP contribution in [0, 0.1) is 0 Å². The molecule has 23 heavy (non-hydrogen) atoms. The molecule has 0 aliphatic heterocycles. The van der Waals surface area contributed by atoms with Crippen molar-refractivity contribution in [3.63, 3.8) is 0 Å². The third kappa shape index (κ3) is 7.99. The highest BCUT2D eigenvalue weighted by Gasteiger charge is 2.40. The number of unbranched alkanes of at least 4 members (excludes halogenated alkanes) is 2. The molecular weight excluding hydrogens is 318 g/mol. The maximum atomic E-state index is 12.0. The number of hydrogen-bond donors (Lipinski definition) is 1. The lowest BCUT2D eigenvalue weighted by Crippen LogP contribution is -2.52. The molecule has 0 radical (unpaired) electrons. The van der Waals surface area contributed by atoms with Crippen LogP contribution in [0.25, 0.3) is 0 Å². The van der Waals surface area contributed by atoms with Gasteiger partial charge in [-0.1, -0.05) is 61.1 Å². The first-order valence-electron chi connectivity index (χ1n) is 9.07. The molecule has 0 atom stereocenters. The van der Waals surface area contributed by atoms with Gasteiger partial charge >= 0.3 is 0 Å². The predicted octanol–water partition coefficient (Wildman–Crippen LogP) is 5.69. The second kappa shape index (κ2) is 8.30. The van der Waals surface area contributed by atoms with Crippen molar-refractivity contribution in [2.24, 2.45) is 0 Å². The molecule has 0 unspecified atom stereocenters. The Morgan fingerprint density at radius 2 is 1.39 bits per heavy atom. The van der Waals surface area contributed by atoms with Crippen molar-refractivity contribution in [3.8, 4) is 0 Å². The smallest absolute Gasteiger partial charge is 0.292 e. The molecule has 3 nitrogen and oxygen atoms in total. The first-order chi connectivity index (χ1) is 10.1. The third-order valence-electron chi connectivity index (χ3n) is 5.67. The lowest BCUT2D eigenvalue weighted by atomic mass is 10.2. The van der Waals surface area contributed by atoms with Gasteiger partial charge in [-0.05, 0) is 42.6 Å². The summed E-state index contributed by atoms with van der Waals surface area (Å²) in [5.74, 6) is -0.00560. The highest BCUT2D eigenvalue weighted by molar-refractivity contribution is 6.77. The molecule has 0 amide bonds. The standard InChI is InChI=1S/C18H41NO2Si2/c1-17(2,3)22(7,8)19-15-13-11-12-14-16(20)21-23(9,10)18(4,5)6/h19H,11-15H2,1-10H3. The van der Waals surface area contributed by atoms with Crippen molar-refractivity contribution in [2.75, 3.05) is 6.54 Å². The summed E-state index contributed by atoms with van der Waals surface area (Å²) in [7, 11) is -3.32. The van der Waals surface area contributed by atoms with Gasteiger partial charge in [0, 0.05) is 6.42 Å². The van der Waals surface area contributed by atoms with Gasteiger partial charge in [-0.2, -0.15) is 0 Å². The van der Waals surface area contributed by atoms with Crippen molar-refractivity contribution >= 4 is 22.5 Å². The van der Waals surface area contributed by atoms with E-state index in [1.165, 1.54) is 0 Å². The molecule has 0 heterocycles. The van der Waals surface area contributed by atoms with Crippen LogP contribution in [0.1, 0.15) is 67.2 Å². The van der Waals surface area contributed by atoms with Crippen LogP contribution in [0.5, 0.6) is 0 Å². The maximum Gasteiger partial charge on any atom is 0.292 e. The molecule has 0 aromatic heterocycles. The van der Waals surface area contributed by atoms with E-state index in [0.29, 0.717) is 11.5 Å². The summed E-state index contributed by atoms with van der Waals surface area (Å²) in [5.41, 5.74) is 0. The van der Waals surface area contributed by atoms with Crippen molar-refractivity contribution in [3.05, 3.63) is 0 Å². The van der Waals surface area contributed by atoms with Crippen LogP contribution in [0.15, 0.2) is 0 Å². The minimum Gasteiger partial charge on any atom is -0.519 e. The van der Waals surface area contributed by atoms with E-state index in [2.05, 4.69) is 72.7 Å². The molecule has 0 aliphatic carbocycles. The largest absolute Gasteiger partial charge is 0.519 e. The Morgan fingerprint density at radius 3 is 1.83 bits per heavy atom. The van der Waals surface area contributed by atoms with Gasteiger partial charge in [0.25, 0.3) is 14.3 Å². The Balaban J connectivity index is 3.96. The molecule has 0 fully saturated rings. The molecule has 0 saturated carbocycles. The van der Waals surface area contributed by atoms with Crippen LogP contribution >= 0.6 is 0 Å². The fourth-order valence-electron chi connectivity index (χ4n) is 1.73. The second-order valence-corrected chi connectivity index (χ2v) is 19.7. The fourth-order valence-corrected chi connectivity index (χ4v) is 4.04.